The monoisotopic (exact) mass is 402 g/mol. The lowest BCUT2D eigenvalue weighted by Crippen LogP contribution is -2.24. The van der Waals surface area contributed by atoms with Crippen LogP contribution in [0.15, 0.2) is 30.3 Å². The van der Waals surface area contributed by atoms with Gasteiger partial charge in [0.1, 0.15) is 0 Å². The summed E-state index contributed by atoms with van der Waals surface area (Å²) in [6, 6.07) is 9.81. The summed E-state index contributed by atoms with van der Waals surface area (Å²) in [7, 11) is 4.77. The standard InChI is InChI=1S/C22H26O7/c1-24-19-9-14(10-20(25-2)21(19)26-3)7-16-15(11-27-22(16)23)6-13-4-5-17-18(8-13)29-12-28-17/h4-5,8-10,15-16,22-23H,6-7,11-12H2,1-3H3/t15-,16+,22+/m0/s1. The van der Waals surface area contributed by atoms with Gasteiger partial charge in [0, 0.05) is 5.92 Å². The molecular formula is C22H26O7. The lowest BCUT2D eigenvalue weighted by atomic mass is 9.84. The largest absolute Gasteiger partial charge is 0.493 e. The van der Waals surface area contributed by atoms with Crippen molar-refractivity contribution in [3.05, 3.63) is 41.5 Å². The molecule has 0 unspecified atom stereocenters. The van der Waals surface area contributed by atoms with E-state index < -0.39 is 6.29 Å². The Balaban J connectivity index is 1.53. The number of aliphatic hydroxyl groups is 1. The van der Waals surface area contributed by atoms with Crippen LogP contribution in [0, 0.1) is 11.8 Å². The van der Waals surface area contributed by atoms with E-state index in [1.165, 1.54) is 0 Å². The van der Waals surface area contributed by atoms with Gasteiger partial charge in [-0.15, -0.1) is 0 Å². The molecule has 2 aromatic rings. The zero-order valence-corrected chi connectivity index (χ0v) is 16.8. The van der Waals surface area contributed by atoms with Gasteiger partial charge in [0.15, 0.2) is 29.3 Å². The van der Waals surface area contributed by atoms with Crippen molar-refractivity contribution in [1.29, 1.82) is 0 Å². The van der Waals surface area contributed by atoms with Gasteiger partial charge in [0.25, 0.3) is 0 Å². The summed E-state index contributed by atoms with van der Waals surface area (Å²) in [6.07, 6.45) is 0.601. The van der Waals surface area contributed by atoms with Gasteiger partial charge in [-0.25, -0.2) is 0 Å². The molecule has 2 aliphatic rings. The topological polar surface area (TPSA) is 75.6 Å². The van der Waals surface area contributed by atoms with E-state index >= 15 is 0 Å². The van der Waals surface area contributed by atoms with Crippen molar-refractivity contribution < 1.29 is 33.5 Å². The predicted molar refractivity (Wildman–Crippen MR) is 105 cm³/mol. The first-order valence-corrected chi connectivity index (χ1v) is 9.60. The number of ether oxygens (including phenoxy) is 6. The van der Waals surface area contributed by atoms with Crippen LogP contribution in [0.5, 0.6) is 28.7 Å². The van der Waals surface area contributed by atoms with E-state index in [9.17, 15) is 5.11 Å². The fraction of sp³-hybridized carbons (Fsp3) is 0.455. The van der Waals surface area contributed by atoms with Crippen molar-refractivity contribution in [2.75, 3.05) is 34.7 Å². The van der Waals surface area contributed by atoms with Gasteiger partial charge >= 0.3 is 0 Å². The Labute approximate surface area is 170 Å². The van der Waals surface area contributed by atoms with Crippen LogP contribution in [0.1, 0.15) is 11.1 Å². The minimum absolute atomic E-state index is 0.0526. The molecule has 7 heteroatoms. The Morgan fingerprint density at radius 2 is 1.62 bits per heavy atom. The molecule has 0 aromatic heterocycles. The zero-order valence-electron chi connectivity index (χ0n) is 16.8. The van der Waals surface area contributed by atoms with Crippen LogP contribution in [0.4, 0.5) is 0 Å². The van der Waals surface area contributed by atoms with Gasteiger partial charge < -0.3 is 33.5 Å². The number of hydrogen-bond acceptors (Lipinski definition) is 7. The Morgan fingerprint density at radius 3 is 2.31 bits per heavy atom. The number of hydrogen-bond donors (Lipinski definition) is 1. The summed E-state index contributed by atoms with van der Waals surface area (Å²) in [6.45, 7) is 0.762. The van der Waals surface area contributed by atoms with Crippen molar-refractivity contribution in [2.45, 2.75) is 19.1 Å². The molecule has 4 rings (SSSR count). The van der Waals surface area contributed by atoms with Crippen LogP contribution in [0.3, 0.4) is 0 Å². The Bertz CT molecular complexity index is 841. The zero-order chi connectivity index (χ0) is 20.4. The van der Waals surface area contributed by atoms with Crippen molar-refractivity contribution in [2.24, 2.45) is 11.8 Å². The molecule has 0 aliphatic carbocycles. The average molecular weight is 402 g/mol. The summed E-state index contributed by atoms with van der Waals surface area (Å²) in [5.74, 6) is 3.41. The third kappa shape index (κ3) is 3.93. The highest BCUT2D eigenvalue weighted by Crippen LogP contribution is 2.41. The molecule has 156 valence electrons. The molecule has 3 atom stereocenters. The first-order valence-electron chi connectivity index (χ1n) is 9.60. The number of rotatable bonds is 7. The maximum Gasteiger partial charge on any atom is 0.231 e. The SMILES string of the molecule is COc1cc(C[C@@H]2[C@@H](Cc3ccc4c(c3)OCO4)CO[C@H]2O)cc(OC)c1OC. The van der Waals surface area contributed by atoms with Crippen LogP contribution in [-0.4, -0.2) is 46.1 Å². The number of benzene rings is 2. The second-order valence-corrected chi connectivity index (χ2v) is 7.28. The first-order chi connectivity index (χ1) is 14.1. The molecule has 1 fully saturated rings. The molecule has 0 bridgehead atoms. The summed E-state index contributed by atoms with van der Waals surface area (Å²) in [5.41, 5.74) is 2.12. The highest BCUT2D eigenvalue weighted by Gasteiger charge is 2.36. The molecule has 7 nitrogen and oxygen atoms in total. The van der Waals surface area contributed by atoms with E-state index in [2.05, 4.69) is 0 Å². The molecule has 0 radical (unpaired) electrons. The minimum Gasteiger partial charge on any atom is -0.493 e. The third-order valence-electron chi connectivity index (χ3n) is 5.58. The molecule has 2 aromatic carbocycles. The van der Waals surface area contributed by atoms with Crippen LogP contribution in [-0.2, 0) is 17.6 Å². The quantitative estimate of drug-likeness (QED) is 0.763. The van der Waals surface area contributed by atoms with Crippen LogP contribution < -0.4 is 23.7 Å². The molecule has 0 saturated carbocycles. The normalized spacial score (nSPS) is 22.6. The van der Waals surface area contributed by atoms with E-state index in [0.29, 0.717) is 30.3 Å². The van der Waals surface area contributed by atoms with Crippen molar-refractivity contribution in [3.8, 4) is 28.7 Å². The molecule has 0 spiro atoms. The summed E-state index contributed by atoms with van der Waals surface area (Å²) in [5, 5.41) is 10.5. The Morgan fingerprint density at radius 1 is 0.897 bits per heavy atom. The summed E-state index contributed by atoms with van der Waals surface area (Å²) >= 11 is 0. The molecular weight excluding hydrogens is 376 g/mol. The molecule has 1 N–H and O–H groups in total. The average Bonchev–Trinajstić information content (AvgIpc) is 3.34. The number of fused-ring (bicyclic) bond motifs is 1. The second kappa shape index (κ2) is 8.39. The number of aliphatic hydroxyl groups excluding tert-OH is 1. The maximum absolute atomic E-state index is 10.5. The predicted octanol–water partition coefficient (Wildman–Crippen LogP) is 2.81. The van der Waals surface area contributed by atoms with Crippen molar-refractivity contribution >= 4 is 0 Å². The molecule has 0 amide bonds. The Kier molecular flexibility index (Phi) is 5.69. The molecule has 2 aliphatic heterocycles. The van der Waals surface area contributed by atoms with Crippen LogP contribution >= 0.6 is 0 Å². The second-order valence-electron chi connectivity index (χ2n) is 7.28. The third-order valence-corrected chi connectivity index (χ3v) is 5.58. The smallest absolute Gasteiger partial charge is 0.231 e. The summed E-state index contributed by atoms with van der Waals surface area (Å²) in [4.78, 5) is 0. The van der Waals surface area contributed by atoms with Gasteiger partial charge in [-0.05, 0) is 54.2 Å². The van der Waals surface area contributed by atoms with E-state index in [1.54, 1.807) is 21.3 Å². The van der Waals surface area contributed by atoms with Gasteiger partial charge in [-0.2, -0.15) is 0 Å². The summed E-state index contributed by atoms with van der Waals surface area (Å²) < 4.78 is 32.7. The van der Waals surface area contributed by atoms with Gasteiger partial charge in [-0.3, -0.25) is 0 Å². The van der Waals surface area contributed by atoms with Crippen LogP contribution in [0.25, 0.3) is 0 Å². The number of methoxy groups -OCH3 is 3. The molecule has 1 saturated heterocycles. The minimum atomic E-state index is -0.812. The van der Waals surface area contributed by atoms with Gasteiger partial charge in [0.05, 0.1) is 27.9 Å². The fourth-order valence-corrected chi connectivity index (χ4v) is 4.08. The van der Waals surface area contributed by atoms with E-state index in [4.69, 9.17) is 28.4 Å². The lowest BCUT2D eigenvalue weighted by molar-refractivity contribution is -0.0820. The molecule has 29 heavy (non-hydrogen) atoms. The van der Waals surface area contributed by atoms with E-state index in [1.807, 2.05) is 30.3 Å². The van der Waals surface area contributed by atoms with Gasteiger partial charge in [-0.1, -0.05) is 6.07 Å². The Hall–Kier alpha value is -2.64. The fourth-order valence-electron chi connectivity index (χ4n) is 4.08. The van der Waals surface area contributed by atoms with E-state index in [-0.39, 0.29) is 18.6 Å². The van der Waals surface area contributed by atoms with Crippen molar-refractivity contribution in [1.82, 2.24) is 0 Å². The van der Waals surface area contributed by atoms with Crippen LogP contribution in [0.2, 0.25) is 0 Å². The maximum atomic E-state index is 10.5. The highest BCUT2D eigenvalue weighted by molar-refractivity contribution is 5.54. The highest BCUT2D eigenvalue weighted by atomic mass is 16.7. The first kappa shape index (κ1) is 19.7. The lowest BCUT2D eigenvalue weighted by Gasteiger charge is -2.21. The van der Waals surface area contributed by atoms with Crippen molar-refractivity contribution in [3.63, 3.8) is 0 Å². The van der Waals surface area contributed by atoms with Gasteiger partial charge in [0.2, 0.25) is 12.5 Å². The van der Waals surface area contributed by atoms with E-state index in [0.717, 1.165) is 29.0 Å². The molecule has 2 heterocycles.